The number of rotatable bonds is 5. The molecular formula is C18H31Cl2SiZr. The molecule has 0 saturated carbocycles. The van der Waals surface area contributed by atoms with Crippen molar-refractivity contribution < 1.29 is 20.9 Å². The molecule has 2 rings (SSSR count). The maximum atomic E-state index is 2.61. The van der Waals surface area contributed by atoms with Gasteiger partial charge in [-0.25, -0.2) is 0 Å². The summed E-state index contributed by atoms with van der Waals surface area (Å²) in [5, 5.41) is 0. The molecule has 4 heteroatoms. The molecule has 0 saturated heterocycles. The molecule has 0 N–H and O–H groups in total. The van der Waals surface area contributed by atoms with Crippen molar-refractivity contribution in [2.24, 2.45) is 11.8 Å². The largest absolute Gasteiger partial charge is 0.147 e. The van der Waals surface area contributed by atoms with E-state index in [0.29, 0.717) is 11.8 Å². The molecule has 2 aliphatic rings. The van der Waals surface area contributed by atoms with Crippen molar-refractivity contribution in [2.45, 2.75) is 53.6 Å². The van der Waals surface area contributed by atoms with E-state index in [-0.39, 0.29) is 24.8 Å². The van der Waals surface area contributed by atoms with Crippen LogP contribution in [0.25, 0.3) is 0 Å². The van der Waals surface area contributed by atoms with Crippen LogP contribution in [0.3, 0.4) is 0 Å². The fourth-order valence-electron chi connectivity index (χ4n) is 3.54. The normalized spacial score (nSPS) is 17.0. The van der Waals surface area contributed by atoms with Crippen LogP contribution in [0.4, 0.5) is 0 Å². The first-order chi connectivity index (χ1) is 9.43. The Morgan fingerprint density at radius 2 is 1.18 bits per heavy atom. The minimum absolute atomic E-state index is 0. The summed E-state index contributed by atoms with van der Waals surface area (Å²) in [6, 6.07) is 0. The van der Waals surface area contributed by atoms with E-state index in [4.69, 9.17) is 0 Å². The Labute approximate surface area is 158 Å². The second-order valence-corrected chi connectivity index (χ2v) is 26.2. The molecule has 0 nitrogen and oxygen atoms in total. The predicted octanol–water partition coefficient (Wildman–Crippen LogP) is 6.17. The minimum Gasteiger partial charge on any atom is -0.147 e. The van der Waals surface area contributed by atoms with Gasteiger partial charge in [0.25, 0.3) is 0 Å². The zero-order chi connectivity index (χ0) is 14.9. The zero-order valence-electron chi connectivity index (χ0n) is 14.8. The summed E-state index contributed by atoms with van der Waals surface area (Å²) < 4.78 is 3.89. The number of hydrogen-bond donors (Lipinski definition) is 0. The molecule has 0 aromatic heterocycles. The predicted molar refractivity (Wildman–Crippen MR) is 105 cm³/mol. The molecule has 0 radical (unpaired) electrons. The molecule has 0 aromatic carbocycles. The quantitative estimate of drug-likeness (QED) is 0.451. The Morgan fingerprint density at radius 3 is 1.45 bits per heavy atom. The van der Waals surface area contributed by atoms with E-state index in [1.807, 2.05) is 6.56 Å². The molecular weight excluding hydrogens is 406 g/mol. The van der Waals surface area contributed by atoms with Crippen molar-refractivity contribution in [3.63, 3.8) is 0 Å². The van der Waals surface area contributed by atoms with E-state index in [1.54, 1.807) is 11.1 Å². The van der Waals surface area contributed by atoms with Gasteiger partial charge >= 0.3 is 134 Å². The third-order valence-electron chi connectivity index (χ3n) is 4.41. The van der Waals surface area contributed by atoms with Crippen molar-refractivity contribution in [3.8, 4) is 0 Å². The van der Waals surface area contributed by atoms with Gasteiger partial charge in [0.2, 0.25) is 0 Å². The van der Waals surface area contributed by atoms with E-state index in [9.17, 15) is 0 Å². The molecule has 0 amide bonds. The summed E-state index contributed by atoms with van der Waals surface area (Å²) in [4.78, 5) is 0. The summed E-state index contributed by atoms with van der Waals surface area (Å²) in [7, 11) is 0. The number of hydrogen-bond acceptors (Lipinski definition) is 0. The van der Waals surface area contributed by atoms with Gasteiger partial charge in [-0.3, -0.25) is 0 Å². The smallest absolute Gasteiger partial charge is 0.147 e. The monoisotopic (exact) mass is 435 g/mol. The fourth-order valence-corrected chi connectivity index (χ4v) is 24.5. The molecule has 0 fully saturated rings. The SMILES string of the molecule is CC(C)C1=[C]([Zr]([C]2=C(C(C)C)C=CC2)[SiH](C)C)CC=C1.Cl.Cl. The van der Waals surface area contributed by atoms with Crippen LogP contribution in [-0.4, -0.2) is 5.92 Å². The van der Waals surface area contributed by atoms with Crippen LogP contribution in [0.5, 0.6) is 0 Å². The van der Waals surface area contributed by atoms with Crippen LogP contribution in [0, 0.1) is 11.8 Å². The first kappa shape index (κ1) is 22.6. The van der Waals surface area contributed by atoms with Gasteiger partial charge in [0.15, 0.2) is 0 Å². The van der Waals surface area contributed by atoms with Crippen LogP contribution in [0.1, 0.15) is 40.5 Å². The summed E-state index contributed by atoms with van der Waals surface area (Å²) in [5.74, 6) is 0.875. The summed E-state index contributed by atoms with van der Waals surface area (Å²) >= 11 is -1.55. The third-order valence-corrected chi connectivity index (χ3v) is 23.8. The average molecular weight is 438 g/mol. The Bertz CT molecular complexity index is 457. The third kappa shape index (κ3) is 4.82. The van der Waals surface area contributed by atoms with E-state index in [0.717, 1.165) is 0 Å². The summed E-state index contributed by atoms with van der Waals surface area (Å²) in [6.07, 6.45) is 12.3. The van der Waals surface area contributed by atoms with Crippen LogP contribution < -0.4 is 0 Å². The second-order valence-electron chi connectivity index (χ2n) is 6.96. The Kier molecular flexibility index (Phi) is 10.1. The summed E-state index contributed by atoms with van der Waals surface area (Å²) in [5.41, 5.74) is 3.42. The first-order valence-electron chi connectivity index (χ1n) is 8.10. The molecule has 2 aliphatic carbocycles. The van der Waals surface area contributed by atoms with Gasteiger partial charge in [-0.1, -0.05) is 0 Å². The standard InChI is InChI=1S/2C8H11.C2H7Si.2ClH.Zr/c2*1-7(2)8-5-3-4-6-8;1-3-2;;;/h2*3,5,7H,4H2,1-2H3;3H,1-2H3;2*1H;. The van der Waals surface area contributed by atoms with E-state index in [2.05, 4.69) is 65.1 Å². The van der Waals surface area contributed by atoms with Gasteiger partial charge in [-0.05, 0) is 0 Å². The van der Waals surface area contributed by atoms with Crippen LogP contribution in [0.2, 0.25) is 13.1 Å². The van der Waals surface area contributed by atoms with Gasteiger partial charge in [0.05, 0.1) is 0 Å². The van der Waals surface area contributed by atoms with Crippen molar-refractivity contribution in [1.82, 2.24) is 0 Å². The zero-order valence-corrected chi connectivity index (χ0v) is 20.0. The fraction of sp³-hybridized carbons (Fsp3) is 0.556. The first-order valence-corrected chi connectivity index (χ1v) is 17.7. The number of halogens is 2. The Morgan fingerprint density at radius 1 is 0.818 bits per heavy atom. The molecule has 125 valence electrons. The van der Waals surface area contributed by atoms with Crippen LogP contribution in [0.15, 0.2) is 42.0 Å². The topological polar surface area (TPSA) is 0 Å². The van der Waals surface area contributed by atoms with E-state index in [1.165, 1.54) is 12.8 Å². The number of allylic oxidation sites excluding steroid dienone is 8. The van der Waals surface area contributed by atoms with Crippen LogP contribution in [-0.2, 0) is 20.9 Å². The van der Waals surface area contributed by atoms with Crippen molar-refractivity contribution in [3.05, 3.63) is 42.0 Å². The van der Waals surface area contributed by atoms with Gasteiger partial charge in [-0.2, -0.15) is 0 Å². The van der Waals surface area contributed by atoms with E-state index < -0.39 is 26.8 Å². The molecule has 0 atom stereocenters. The molecule has 0 aliphatic heterocycles. The van der Waals surface area contributed by atoms with Crippen molar-refractivity contribution in [1.29, 1.82) is 0 Å². The van der Waals surface area contributed by atoms with Crippen molar-refractivity contribution >= 4 is 30.7 Å². The minimum atomic E-state index is -1.55. The molecule has 0 bridgehead atoms. The Balaban J connectivity index is 0.00000220. The summed E-state index contributed by atoms with van der Waals surface area (Å²) in [6.45, 7) is 14.7. The van der Waals surface area contributed by atoms with Crippen LogP contribution >= 0.6 is 24.8 Å². The maximum absolute atomic E-state index is 2.61. The molecule has 0 aromatic rings. The molecule has 22 heavy (non-hydrogen) atoms. The Hall–Kier alpha value is 0.640. The average Bonchev–Trinajstić information content (AvgIpc) is 2.97. The van der Waals surface area contributed by atoms with Gasteiger partial charge in [-0.15, -0.1) is 24.8 Å². The van der Waals surface area contributed by atoms with Gasteiger partial charge in [0, 0.05) is 0 Å². The van der Waals surface area contributed by atoms with Gasteiger partial charge in [0.1, 0.15) is 0 Å². The maximum Gasteiger partial charge on any atom is -0.147 e. The van der Waals surface area contributed by atoms with Crippen molar-refractivity contribution in [2.75, 3.05) is 0 Å². The molecule has 0 unspecified atom stereocenters. The second kappa shape index (κ2) is 9.82. The van der Waals surface area contributed by atoms with E-state index >= 15 is 0 Å². The molecule has 0 heterocycles. The molecule has 0 spiro atoms. The van der Waals surface area contributed by atoms with Gasteiger partial charge < -0.3 is 0 Å².